The Hall–Kier alpha value is -1.22. The third kappa shape index (κ3) is 4.69. The van der Waals surface area contributed by atoms with Crippen LogP contribution in [0.1, 0.15) is 55.1 Å². The summed E-state index contributed by atoms with van der Waals surface area (Å²) in [6.45, 7) is 0.926. The van der Waals surface area contributed by atoms with E-state index >= 15 is 0 Å². The van der Waals surface area contributed by atoms with Crippen molar-refractivity contribution in [3.8, 4) is 0 Å². The molecule has 0 aromatic carbocycles. The minimum atomic E-state index is -0.694. The van der Waals surface area contributed by atoms with Crippen LogP contribution < -0.4 is 5.73 Å². The van der Waals surface area contributed by atoms with Gasteiger partial charge in [-0.25, -0.2) is 4.68 Å². The van der Waals surface area contributed by atoms with Gasteiger partial charge in [0.05, 0.1) is 24.9 Å². The minimum Gasteiger partial charge on any atom is -0.394 e. The number of aliphatic hydroxyl groups excluding tert-OH is 2. The molecule has 2 fully saturated rings. The highest BCUT2D eigenvalue weighted by Crippen LogP contribution is 2.27. The van der Waals surface area contributed by atoms with Crippen molar-refractivity contribution >= 4 is 18.3 Å². The van der Waals surface area contributed by atoms with Gasteiger partial charge in [-0.15, -0.1) is 17.5 Å². The molecule has 1 aliphatic heterocycles. The van der Waals surface area contributed by atoms with E-state index in [0.29, 0.717) is 31.6 Å². The van der Waals surface area contributed by atoms with E-state index in [1.807, 2.05) is 0 Å². The molecule has 142 valence electrons. The van der Waals surface area contributed by atoms with Gasteiger partial charge in [0, 0.05) is 19.1 Å². The molecule has 0 spiro atoms. The van der Waals surface area contributed by atoms with Gasteiger partial charge in [-0.1, -0.05) is 5.21 Å². The number of aromatic nitrogens is 3. The van der Waals surface area contributed by atoms with Gasteiger partial charge in [-0.3, -0.25) is 4.79 Å². The number of nitrogens with two attached hydrogens (primary N) is 1. The number of carbonyl (C=O) groups excluding carboxylic acids is 1. The molecule has 1 unspecified atom stereocenters. The van der Waals surface area contributed by atoms with Crippen LogP contribution >= 0.6 is 12.4 Å². The molecule has 9 heteroatoms. The zero-order chi connectivity index (χ0) is 17.1. The van der Waals surface area contributed by atoms with Crippen LogP contribution in [0.25, 0.3) is 0 Å². The summed E-state index contributed by atoms with van der Waals surface area (Å²) in [4.78, 5) is 14.3. The quantitative estimate of drug-likeness (QED) is 0.700. The van der Waals surface area contributed by atoms with Crippen LogP contribution in [-0.4, -0.2) is 67.9 Å². The van der Waals surface area contributed by atoms with Crippen molar-refractivity contribution in [1.29, 1.82) is 0 Å². The van der Waals surface area contributed by atoms with Crippen molar-refractivity contribution in [3.63, 3.8) is 0 Å². The summed E-state index contributed by atoms with van der Waals surface area (Å²) in [6.07, 6.45) is 6.36. The Morgan fingerprint density at radius 3 is 2.48 bits per heavy atom. The average molecular weight is 374 g/mol. The fraction of sp³-hybridized carbons (Fsp3) is 0.812. The zero-order valence-electron chi connectivity index (χ0n) is 14.3. The first-order chi connectivity index (χ1) is 11.6. The lowest BCUT2D eigenvalue weighted by molar-refractivity contribution is 0.0177. The molecule has 1 aromatic rings. The first kappa shape index (κ1) is 20.1. The number of nitrogens with zero attached hydrogens (tertiary/aromatic N) is 4. The molecule has 3 rings (SSSR count). The van der Waals surface area contributed by atoms with Crippen LogP contribution in [-0.2, 0) is 0 Å². The second kappa shape index (κ2) is 8.93. The smallest absolute Gasteiger partial charge is 0.276 e. The third-order valence-corrected chi connectivity index (χ3v) is 5.40. The van der Waals surface area contributed by atoms with Gasteiger partial charge in [0.25, 0.3) is 5.91 Å². The van der Waals surface area contributed by atoms with Gasteiger partial charge in [0.15, 0.2) is 5.69 Å². The number of hydrogen-bond donors (Lipinski definition) is 3. The maximum absolute atomic E-state index is 12.6. The topological polar surface area (TPSA) is 118 Å². The molecule has 1 amide bonds. The highest BCUT2D eigenvalue weighted by atomic mass is 35.5. The largest absolute Gasteiger partial charge is 0.394 e. The molecule has 4 N–H and O–H groups in total. The monoisotopic (exact) mass is 373 g/mol. The van der Waals surface area contributed by atoms with E-state index < -0.39 is 6.10 Å². The average Bonchev–Trinajstić information content (AvgIpc) is 3.11. The lowest BCUT2D eigenvalue weighted by atomic mass is 9.91. The van der Waals surface area contributed by atoms with Crippen molar-refractivity contribution in [1.82, 2.24) is 19.9 Å². The summed E-state index contributed by atoms with van der Waals surface area (Å²) < 4.78 is 1.81. The molecule has 2 heterocycles. The fourth-order valence-corrected chi connectivity index (χ4v) is 3.72. The van der Waals surface area contributed by atoms with Gasteiger partial charge >= 0.3 is 0 Å². The van der Waals surface area contributed by atoms with Crippen LogP contribution in [0.5, 0.6) is 0 Å². The summed E-state index contributed by atoms with van der Waals surface area (Å²) in [5.74, 6) is -0.0492. The van der Waals surface area contributed by atoms with E-state index in [2.05, 4.69) is 10.3 Å². The van der Waals surface area contributed by atoms with E-state index in [1.54, 1.807) is 15.8 Å². The summed E-state index contributed by atoms with van der Waals surface area (Å²) >= 11 is 0. The summed E-state index contributed by atoms with van der Waals surface area (Å²) in [5.41, 5.74) is 6.31. The number of amides is 1. The Kier molecular flexibility index (Phi) is 7.18. The molecule has 8 nitrogen and oxygen atoms in total. The van der Waals surface area contributed by atoms with Crippen molar-refractivity contribution in [2.75, 3.05) is 19.7 Å². The third-order valence-electron chi connectivity index (χ3n) is 5.40. The Bertz CT molecular complexity index is 554. The molecular weight excluding hydrogens is 346 g/mol. The maximum atomic E-state index is 12.6. The van der Waals surface area contributed by atoms with Gasteiger partial charge in [-0.2, -0.15) is 0 Å². The number of halogens is 1. The number of piperidine rings is 1. The number of rotatable bonds is 4. The lowest BCUT2D eigenvalue weighted by Gasteiger charge is -2.33. The van der Waals surface area contributed by atoms with Crippen LogP contribution in [0.4, 0.5) is 0 Å². The Morgan fingerprint density at radius 1 is 1.24 bits per heavy atom. The molecule has 0 radical (unpaired) electrons. The Balaban J connectivity index is 0.00000225. The van der Waals surface area contributed by atoms with Gasteiger partial charge in [-0.05, 0) is 44.4 Å². The van der Waals surface area contributed by atoms with E-state index in [-0.39, 0.29) is 42.9 Å². The molecule has 1 aliphatic carbocycles. The molecular formula is C16H28ClN5O3. The van der Waals surface area contributed by atoms with Crippen molar-refractivity contribution < 1.29 is 15.0 Å². The first-order valence-corrected chi connectivity index (χ1v) is 8.84. The molecule has 1 atom stereocenters. The number of aliphatic hydroxyl groups is 2. The SMILES string of the molecule is Cl.NC1CCC(n2cc(C(=O)N3CCC(C(O)CO)CC3)nn2)CC1. The van der Waals surface area contributed by atoms with E-state index in [0.717, 1.165) is 25.7 Å². The van der Waals surface area contributed by atoms with Crippen LogP contribution in [0.3, 0.4) is 0 Å². The maximum Gasteiger partial charge on any atom is 0.276 e. The van der Waals surface area contributed by atoms with E-state index in [9.17, 15) is 9.90 Å². The highest BCUT2D eigenvalue weighted by Gasteiger charge is 2.29. The number of likely N-dealkylation sites (tertiary alicyclic amines) is 1. The van der Waals surface area contributed by atoms with Crippen LogP contribution in [0.15, 0.2) is 6.20 Å². The highest BCUT2D eigenvalue weighted by molar-refractivity contribution is 5.92. The number of hydrogen-bond acceptors (Lipinski definition) is 6. The standard InChI is InChI=1S/C16H27N5O3.ClH/c17-12-1-3-13(4-2-12)21-9-14(18-19-21)16(24)20-7-5-11(6-8-20)15(23)10-22;/h9,11-13,15,22-23H,1-8,10,17H2;1H. The minimum absolute atomic E-state index is 0. The molecule has 1 saturated heterocycles. The zero-order valence-corrected chi connectivity index (χ0v) is 15.1. The van der Waals surface area contributed by atoms with Crippen LogP contribution in [0.2, 0.25) is 0 Å². The normalized spacial score (nSPS) is 26.1. The second-order valence-electron chi connectivity index (χ2n) is 7.03. The summed E-state index contributed by atoms with van der Waals surface area (Å²) in [5, 5.41) is 26.9. The Labute approximate surface area is 153 Å². The fourth-order valence-electron chi connectivity index (χ4n) is 3.72. The van der Waals surface area contributed by atoms with E-state index in [4.69, 9.17) is 10.8 Å². The molecule has 25 heavy (non-hydrogen) atoms. The molecule has 1 aromatic heterocycles. The van der Waals surface area contributed by atoms with E-state index in [1.165, 1.54) is 0 Å². The van der Waals surface area contributed by atoms with Crippen LogP contribution in [0, 0.1) is 5.92 Å². The van der Waals surface area contributed by atoms with Gasteiger partial charge in [0.1, 0.15) is 0 Å². The Morgan fingerprint density at radius 2 is 1.88 bits per heavy atom. The summed E-state index contributed by atoms with van der Waals surface area (Å²) in [6, 6.07) is 0.561. The first-order valence-electron chi connectivity index (χ1n) is 8.84. The predicted octanol–water partition coefficient (Wildman–Crippen LogP) is 0.348. The molecule has 2 aliphatic rings. The second-order valence-corrected chi connectivity index (χ2v) is 7.03. The van der Waals surface area contributed by atoms with Crippen molar-refractivity contribution in [3.05, 3.63) is 11.9 Å². The van der Waals surface area contributed by atoms with Gasteiger partial charge in [0.2, 0.25) is 0 Å². The van der Waals surface area contributed by atoms with Crippen molar-refractivity contribution in [2.45, 2.75) is 56.7 Å². The lowest BCUT2D eigenvalue weighted by Crippen LogP contribution is -2.42. The number of carbonyl (C=O) groups is 1. The predicted molar refractivity (Wildman–Crippen MR) is 94.5 cm³/mol. The molecule has 1 saturated carbocycles. The van der Waals surface area contributed by atoms with Gasteiger partial charge < -0.3 is 20.8 Å². The summed E-state index contributed by atoms with van der Waals surface area (Å²) in [7, 11) is 0. The van der Waals surface area contributed by atoms with Crippen molar-refractivity contribution in [2.24, 2.45) is 11.7 Å². The molecule has 0 bridgehead atoms.